The lowest BCUT2D eigenvalue weighted by Crippen LogP contribution is -2.21. The minimum atomic E-state index is -0.235. The highest BCUT2D eigenvalue weighted by molar-refractivity contribution is 5.92. The van der Waals surface area contributed by atoms with Crippen molar-refractivity contribution in [2.45, 2.75) is 12.3 Å². The number of methoxy groups -OCH3 is 2. The molecular formula is C22H20O5. The molecule has 138 valence electrons. The van der Waals surface area contributed by atoms with Crippen molar-refractivity contribution in [2.24, 2.45) is 0 Å². The van der Waals surface area contributed by atoms with E-state index in [9.17, 15) is 4.79 Å². The van der Waals surface area contributed by atoms with Crippen LogP contribution in [0.25, 0.3) is 10.8 Å². The van der Waals surface area contributed by atoms with Gasteiger partial charge >= 0.3 is 5.97 Å². The van der Waals surface area contributed by atoms with Crippen LogP contribution >= 0.6 is 0 Å². The third-order valence-electron chi connectivity index (χ3n) is 4.80. The summed E-state index contributed by atoms with van der Waals surface area (Å²) in [6.45, 7) is 0.138. The number of carbonyl (C=O) groups is 1. The summed E-state index contributed by atoms with van der Waals surface area (Å²) >= 11 is 0. The van der Waals surface area contributed by atoms with E-state index in [1.54, 1.807) is 14.2 Å². The van der Waals surface area contributed by atoms with Crippen LogP contribution < -0.4 is 14.2 Å². The van der Waals surface area contributed by atoms with E-state index in [0.29, 0.717) is 17.2 Å². The first-order valence-electron chi connectivity index (χ1n) is 8.73. The molecule has 3 aromatic rings. The fraction of sp³-hybridized carbons (Fsp3) is 0.227. The summed E-state index contributed by atoms with van der Waals surface area (Å²) in [6, 6.07) is 17.7. The molecule has 1 atom stereocenters. The average Bonchev–Trinajstić information content (AvgIpc) is 2.71. The lowest BCUT2D eigenvalue weighted by molar-refractivity contribution is -0.135. The number of rotatable bonds is 5. The first-order chi connectivity index (χ1) is 13.2. The molecule has 0 aliphatic carbocycles. The second-order valence-corrected chi connectivity index (χ2v) is 6.39. The molecule has 0 spiro atoms. The van der Waals surface area contributed by atoms with Gasteiger partial charge in [0, 0.05) is 18.6 Å². The molecule has 5 nitrogen and oxygen atoms in total. The molecule has 0 N–H and O–H groups in total. The predicted molar refractivity (Wildman–Crippen MR) is 102 cm³/mol. The summed E-state index contributed by atoms with van der Waals surface area (Å²) in [4.78, 5) is 12.2. The summed E-state index contributed by atoms with van der Waals surface area (Å²) in [6.07, 6.45) is 0.280. The van der Waals surface area contributed by atoms with Crippen LogP contribution in [-0.4, -0.2) is 27.0 Å². The van der Waals surface area contributed by atoms with Gasteiger partial charge in [0.1, 0.15) is 5.75 Å². The maximum atomic E-state index is 12.2. The maximum Gasteiger partial charge on any atom is 0.312 e. The van der Waals surface area contributed by atoms with Gasteiger partial charge < -0.3 is 18.9 Å². The van der Waals surface area contributed by atoms with E-state index in [4.69, 9.17) is 18.9 Å². The Morgan fingerprint density at radius 2 is 1.89 bits per heavy atom. The second-order valence-electron chi connectivity index (χ2n) is 6.39. The first-order valence-corrected chi connectivity index (χ1v) is 8.73. The molecule has 0 amide bonds. The largest absolute Gasteiger partial charge is 0.493 e. The van der Waals surface area contributed by atoms with Crippen LogP contribution in [0.15, 0.2) is 54.6 Å². The molecule has 4 rings (SSSR count). The third kappa shape index (κ3) is 3.22. The topological polar surface area (TPSA) is 54.0 Å². The van der Waals surface area contributed by atoms with Gasteiger partial charge in [-0.3, -0.25) is 4.79 Å². The van der Waals surface area contributed by atoms with E-state index < -0.39 is 0 Å². The van der Waals surface area contributed by atoms with E-state index in [2.05, 4.69) is 12.1 Å². The summed E-state index contributed by atoms with van der Waals surface area (Å²) in [5, 5.41) is 2.21. The SMILES string of the molecule is COCOc1ccc(C2CC(=O)Oc3ccc4ccccc4c32)cc1OC. The van der Waals surface area contributed by atoms with Gasteiger partial charge in [0.05, 0.1) is 13.5 Å². The van der Waals surface area contributed by atoms with Crippen molar-refractivity contribution in [2.75, 3.05) is 21.0 Å². The molecule has 5 heteroatoms. The monoisotopic (exact) mass is 364 g/mol. The summed E-state index contributed by atoms with van der Waals surface area (Å²) in [5.74, 6) is 1.47. The number of esters is 1. The highest BCUT2D eigenvalue weighted by Gasteiger charge is 2.30. The molecule has 3 aromatic carbocycles. The molecule has 1 aliphatic rings. The van der Waals surface area contributed by atoms with Crippen LogP contribution in [0.3, 0.4) is 0 Å². The summed E-state index contributed by atoms with van der Waals surface area (Å²) in [5.41, 5.74) is 2.01. The molecule has 0 saturated carbocycles. The van der Waals surface area contributed by atoms with Crippen molar-refractivity contribution in [1.82, 2.24) is 0 Å². The van der Waals surface area contributed by atoms with Crippen molar-refractivity contribution in [3.8, 4) is 17.2 Å². The molecule has 1 heterocycles. The van der Waals surface area contributed by atoms with Crippen LogP contribution in [0, 0.1) is 0 Å². The quantitative estimate of drug-likeness (QED) is 0.384. The second kappa shape index (κ2) is 7.29. The van der Waals surface area contributed by atoms with Crippen LogP contribution in [-0.2, 0) is 9.53 Å². The van der Waals surface area contributed by atoms with E-state index in [1.165, 1.54) is 0 Å². The number of ether oxygens (including phenoxy) is 4. The van der Waals surface area contributed by atoms with Gasteiger partial charge in [-0.2, -0.15) is 0 Å². The van der Waals surface area contributed by atoms with Crippen LogP contribution in [0.4, 0.5) is 0 Å². The Morgan fingerprint density at radius 3 is 2.70 bits per heavy atom. The Labute approximate surface area is 157 Å². The molecule has 0 bridgehead atoms. The Balaban J connectivity index is 1.83. The number of carbonyl (C=O) groups excluding carboxylic acids is 1. The van der Waals surface area contributed by atoms with E-state index >= 15 is 0 Å². The number of hydrogen-bond acceptors (Lipinski definition) is 5. The normalized spacial score (nSPS) is 15.9. The van der Waals surface area contributed by atoms with Gasteiger partial charge in [-0.25, -0.2) is 0 Å². The number of benzene rings is 3. The fourth-order valence-corrected chi connectivity index (χ4v) is 3.58. The van der Waals surface area contributed by atoms with Crippen molar-refractivity contribution in [1.29, 1.82) is 0 Å². The van der Waals surface area contributed by atoms with Crippen LogP contribution in [0.5, 0.6) is 17.2 Å². The van der Waals surface area contributed by atoms with Gasteiger partial charge in [0.25, 0.3) is 0 Å². The van der Waals surface area contributed by atoms with Crippen LogP contribution in [0.1, 0.15) is 23.5 Å². The van der Waals surface area contributed by atoms with E-state index in [0.717, 1.165) is 21.9 Å². The zero-order chi connectivity index (χ0) is 18.8. The predicted octanol–water partition coefficient (Wildman–Crippen LogP) is 4.27. The van der Waals surface area contributed by atoms with Gasteiger partial charge in [0.15, 0.2) is 18.3 Å². The lowest BCUT2D eigenvalue weighted by Gasteiger charge is -2.27. The molecule has 0 aromatic heterocycles. The third-order valence-corrected chi connectivity index (χ3v) is 4.80. The van der Waals surface area contributed by atoms with Gasteiger partial charge in [-0.15, -0.1) is 0 Å². The molecule has 0 fully saturated rings. The van der Waals surface area contributed by atoms with Crippen molar-refractivity contribution in [3.63, 3.8) is 0 Å². The van der Waals surface area contributed by atoms with E-state index in [1.807, 2.05) is 42.5 Å². The minimum Gasteiger partial charge on any atom is -0.493 e. The number of hydrogen-bond donors (Lipinski definition) is 0. The number of fused-ring (bicyclic) bond motifs is 3. The molecule has 0 radical (unpaired) electrons. The Hall–Kier alpha value is -3.05. The molecule has 27 heavy (non-hydrogen) atoms. The fourth-order valence-electron chi connectivity index (χ4n) is 3.58. The maximum absolute atomic E-state index is 12.2. The standard InChI is InChI=1S/C22H20O5/c1-24-13-26-18-9-8-15(11-20(18)25-2)17-12-21(23)27-19-10-7-14-5-3-4-6-16(14)22(17)19/h3-11,17H,12-13H2,1-2H3. The minimum absolute atomic E-state index is 0.113. The molecule has 1 aliphatic heterocycles. The Morgan fingerprint density at radius 1 is 1.04 bits per heavy atom. The lowest BCUT2D eigenvalue weighted by atomic mass is 9.83. The van der Waals surface area contributed by atoms with Gasteiger partial charge in [-0.05, 0) is 34.5 Å². The molecule has 1 unspecified atom stereocenters. The van der Waals surface area contributed by atoms with Crippen LogP contribution in [0.2, 0.25) is 0 Å². The zero-order valence-electron chi connectivity index (χ0n) is 15.2. The average molecular weight is 364 g/mol. The van der Waals surface area contributed by atoms with Gasteiger partial charge in [0.2, 0.25) is 0 Å². The van der Waals surface area contributed by atoms with Crippen molar-refractivity contribution in [3.05, 3.63) is 65.7 Å². The molecular weight excluding hydrogens is 344 g/mol. The smallest absolute Gasteiger partial charge is 0.312 e. The molecule has 0 saturated heterocycles. The summed E-state index contributed by atoms with van der Waals surface area (Å²) in [7, 11) is 3.16. The zero-order valence-corrected chi connectivity index (χ0v) is 15.2. The highest BCUT2D eigenvalue weighted by atomic mass is 16.7. The summed E-state index contributed by atoms with van der Waals surface area (Å²) < 4.78 is 21.5. The first kappa shape index (κ1) is 17.4. The highest BCUT2D eigenvalue weighted by Crippen LogP contribution is 2.44. The Kier molecular flexibility index (Phi) is 4.69. The van der Waals surface area contributed by atoms with E-state index in [-0.39, 0.29) is 25.1 Å². The Bertz CT molecular complexity index is 995. The van der Waals surface area contributed by atoms with Gasteiger partial charge in [-0.1, -0.05) is 36.4 Å². The van der Waals surface area contributed by atoms with Crippen molar-refractivity contribution < 1.29 is 23.7 Å². The van der Waals surface area contributed by atoms with Crippen molar-refractivity contribution >= 4 is 16.7 Å².